The third-order valence-corrected chi connectivity index (χ3v) is 20.3. The van der Waals surface area contributed by atoms with Gasteiger partial charge in [0, 0.05) is 25.7 Å². The number of phosphoric acid groups is 2. The summed E-state index contributed by atoms with van der Waals surface area (Å²) in [4.78, 5) is 72.9. The van der Waals surface area contributed by atoms with Crippen molar-refractivity contribution in [1.29, 1.82) is 0 Å². The maximum absolute atomic E-state index is 13.1. The number of phosphoric ester groups is 2. The average Bonchev–Trinajstić information content (AvgIpc) is 1.04. The van der Waals surface area contributed by atoms with Gasteiger partial charge in [-0.25, -0.2) is 9.13 Å². The lowest BCUT2D eigenvalue weighted by molar-refractivity contribution is -0.161. The summed E-state index contributed by atoms with van der Waals surface area (Å²) in [6.45, 7) is 11.8. The fourth-order valence-corrected chi connectivity index (χ4v) is 13.3. The first-order valence-corrected chi connectivity index (χ1v) is 43.7. The highest BCUT2D eigenvalue weighted by Crippen LogP contribution is 2.45. The Kier molecular flexibility index (Phi) is 68.1. The van der Waals surface area contributed by atoms with Gasteiger partial charge in [0.15, 0.2) is 12.2 Å². The van der Waals surface area contributed by atoms with Crippen LogP contribution < -0.4 is 0 Å². The van der Waals surface area contributed by atoms with E-state index in [0.29, 0.717) is 25.7 Å². The molecule has 0 aliphatic heterocycles. The van der Waals surface area contributed by atoms with Crippen LogP contribution in [0.2, 0.25) is 0 Å². The normalized spacial score (nSPS) is 14.4. The molecule has 6 atom stereocenters. The lowest BCUT2D eigenvalue weighted by atomic mass is 10.00. The van der Waals surface area contributed by atoms with E-state index in [1.54, 1.807) is 0 Å². The number of ether oxygens (including phenoxy) is 4. The summed E-state index contributed by atoms with van der Waals surface area (Å²) < 4.78 is 68.6. The molecule has 0 aromatic carbocycles. The molecule has 0 aromatic heterocycles. The van der Waals surface area contributed by atoms with Crippen molar-refractivity contribution in [2.24, 2.45) is 17.8 Å². The number of aliphatic hydroxyl groups is 1. The number of hydrogen-bond acceptors (Lipinski definition) is 15. The smallest absolute Gasteiger partial charge is 0.462 e. The van der Waals surface area contributed by atoms with Crippen molar-refractivity contribution in [3.63, 3.8) is 0 Å². The van der Waals surface area contributed by atoms with Gasteiger partial charge >= 0.3 is 39.5 Å². The number of esters is 4. The van der Waals surface area contributed by atoms with Crippen molar-refractivity contribution in [3.8, 4) is 0 Å². The Hall–Kier alpha value is -2.46. The van der Waals surface area contributed by atoms with Crippen LogP contribution in [0.15, 0.2) is 24.3 Å². The van der Waals surface area contributed by atoms with Crippen LogP contribution in [-0.4, -0.2) is 96.7 Å². The fraction of sp³-hybridized carbons (Fsp3) is 0.900. The van der Waals surface area contributed by atoms with Gasteiger partial charge in [-0.3, -0.25) is 37.3 Å². The standard InChI is InChI=1S/C80H152O17P2/c1-8-10-11-12-13-14-15-16-21-25-28-35-40-49-56-63-79(84)96-75(67-90-77(82)61-54-47-39-34-31-30-33-38-45-52-59-72(5)6)69-94-98(86,87)92-65-74(81)66-93-99(88,89)95-70-76(68-91-78(83)62-55-48-43-42-46-53-60-73(7)9-2)97-80(85)64-57-50-41-36-29-26-23-20-18-17-19-22-24-27-32-37-44-51-58-71(3)4/h14-16,21,71-76,81H,8-13,17-20,22-70H2,1-7H3,(H,86,87)(H,88,89)/b15-14-,21-16-/t73?,74-,75-,76-/m1/s1. The molecule has 0 saturated heterocycles. The van der Waals surface area contributed by atoms with Crippen LogP contribution in [0.4, 0.5) is 0 Å². The predicted octanol–water partition coefficient (Wildman–Crippen LogP) is 23.3. The molecule has 0 spiro atoms. The summed E-state index contributed by atoms with van der Waals surface area (Å²) in [5, 5.41) is 10.6. The molecule has 0 rings (SSSR count). The highest BCUT2D eigenvalue weighted by molar-refractivity contribution is 7.47. The van der Waals surface area contributed by atoms with E-state index in [9.17, 15) is 43.2 Å². The lowest BCUT2D eigenvalue weighted by Gasteiger charge is -2.21. The molecule has 99 heavy (non-hydrogen) atoms. The van der Waals surface area contributed by atoms with Crippen LogP contribution in [0.3, 0.4) is 0 Å². The van der Waals surface area contributed by atoms with Gasteiger partial charge < -0.3 is 33.8 Å². The summed E-state index contributed by atoms with van der Waals surface area (Å²) in [5.74, 6) is 0.159. The Morgan fingerprint density at radius 1 is 0.333 bits per heavy atom. The van der Waals surface area contributed by atoms with Crippen molar-refractivity contribution in [2.45, 2.75) is 407 Å². The molecule has 0 aliphatic carbocycles. The second-order valence-corrected chi connectivity index (χ2v) is 32.2. The first kappa shape index (κ1) is 96.5. The molecule has 0 aliphatic rings. The number of aliphatic hydroxyl groups excluding tert-OH is 1. The van der Waals surface area contributed by atoms with E-state index < -0.39 is 97.5 Å². The monoisotopic (exact) mass is 1450 g/mol. The summed E-state index contributed by atoms with van der Waals surface area (Å²) >= 11 is 0. The summed E-state index contributed by atoms with van der Waals surface area (Å²) in [6.07, 6.45) is 60.6. The van der Waals surface area contributed by atoms with Crippen LogP contribution in [0, 0.1) is 17.8 Å². The van der Waals surface area contributed by atoms with Crippen LogP contribution in [0.25, 0.3) is 0 Å². The molecule has 19 heteroatoms. The number of allylic oxidation sites excluding steroid dienone is 4. The molecular weight excluding hydrogens is 1290 g/mol. The van der Waals surface area contributed by atoms with E-state index in [2.05, 4.69) is 72.8 Å². The van der Waals surface area contributed by atoms with Gasteiger partial charge in [-0.1, -0.05) is 336 Å². The molecule has 0 radical (unpaired) electrons. The zero-order valence-electron chi connectivity index (χ0n) is 64.4. The van der Waals surface area contributed by atoms with Gasteiger partial charge in [-0.15, -0.1) is 0 Å². The van der Waals surface area contributed by atoms with Gasteiger partial charge in [0.25, 0.3) is 0 Å². The second kappa shape index (κ2) is 69.9. The first-order valence-electron chi connectivity index (χ1n) is 40.7. The molecule has 0 heterocycles. The summed E-state index contributed by atoms with van der Waals surface area (Å²) in [7, 11) is -9.93. The maximum Gasteiger partial charge on any atom is 0.472 e. The molecule has 0 saturated carbocycles. The van der Waals surface area contributed by atoms with E-state index in [4.69, 9.17) is 37.0 Å². The Morgan fingerprint density at radius 3 is 0.899 bits per heavy atom. The second-order valence-electron chi connectivity index (χ2n) is 29.3. The Bertz CT molecular complexity index is 2020. The summed E-state index contributed by atoms with van der Waals surface area (Å²) in [5.41, 5.74) is 0. The molecular formula is C80H152O17P2. The number of rotatable bonds is 76. The van der Waals surface area contributed by atoms with E-state index in [-0.39, 0.29) is 25.7 Å². The zero-order valence-corrected chi connectivity index (χ0v) is 66.2. The number of hydrogen-bond donors (Lipinski definition) is 3. The third-order valence-electron chi connectivity index (χ3n) is 18.4. The van der Waals surface area contributed by atoms with E-state index in [1.807, 2.05) is 0 Å². The van der Waals surface area contributed by atoms with Crippen LogP contribution in [0.5, 0.6) is 0 Å². The van der Waals surface area contributed by atoms with Crippen molar-refractivity contribution in [2.75, 3.05) is 39.6 Å². The molecule has 0 amide bonds. The molecule has 0 fully saturated rings. The van der Waals surface area contributed by atoms with Gasteiger partial charge in [-0.05, 0) is 69.1 Å². The van der Waals surface area contributed by atoms with E-state index in [0.717, 1.165) is 127 Å². The van der Waals surface area contributed by atoms with Crippen LogP contribution in [0.1, 0.15) is 389 Å². The SMILES string of the molecule is CCCCCC/C=C\C=C/CCCCCCCC(=O)O[C@H](COC(=O)CCCCCCCCCCCCC(C)C)COP(=O)(O)OC[C@@H](O)COP(=O)(O)OC[C@@H](COC(=O)CCCCCCCCC(C)CC)OC(=O)CCCCCCCCCCCCCCCCCCCCC(C)C. The minimum absolute atomic E-state index is 0.0846. The van der Waals surface area contributed by atoms with Crippen molar-refractivity contribution in [3.05, 3.63) is 24.3 Å². The van der Waals surface area contributed by atoms with Gasteiger partial charge in [0.05, 0.1) is 26.4 Å². The Balaban J connectivity index is 5.24. The lowest BCUT2D eigenvalue weighted by Crippen LogP contribution is -2.30. The van der Waals surface area contributed by atoms with Crippen molar-refractivity contribution >= 4 is 39.5 Å². The molecule has 0 bridgehead atoms. The van der Waals surface area contributed by atoms with Crippen molar-refractivity contribution in [1.82, 2.24) is 0 Å². The molecule has 584 valence electrons. The quantitative estimate of drug-likeness (QED) is 0.0169. The third kappa shape index (κ3) is 72.3. The number of unbranched alkanes of at least 4 members (excludes halogenated alkanes) is 40. The van der Waals surface area contributed by atoms with Crippen LogP contribution >= 0.6 is 15.6 Å². The fourth-order valence-electron chi connectivity index (χ4n) is 11.7. The van der Waals surface area contributed by atoms with Gasteiger partial charge in [0.1, 0.15) is 19.3 Å². The molecule has 3 unspecified atom stereocenters. The Morgan fingerprint density at radius 2 is 0.596 bits per heavy atom. The minimum atomic E-state index is -4.97. The molecule has 3 N–H and O–H groups in total. The summed E-state index contributed by atoms with van der Waals surface area (Å²) in [6, 6.07) is 0. The highest BCUT2D eigenvalue weighted by Gasteiger charge is 2.30. The van der Waals surface area contributed by atoms with Crippen LogP contribution in [-0.2, 0) is 65.4 Å². The van der Waals surface area contributed by atoms with E-state index in [1.165, 1.54) is 180 Å². The van der Waals surface area contributed by atoms with Gasteiger partial charge in [0.2, 0.25) is 0 Å². The minimum Gasteiger partial charge on any atom is -0.462 e. The van der Waals surface area contributed by atoms with E-state index >= 15 is 0 Å². The first-order chi connectivity index (χ1) is 47.8. The topological polar surface area (TPSA) is 237 Å². The largest absolute Gasteiger partial charge is 0.472 e. The molecule has 0 aromatic rings. The molecule has 17 nitrogen and oxygen atoms in total. The van der Waals surface area contributed by atoms with Gasteiger partial charge in [-0.2, -0.15) is 0 Å². The number of carbonyl (C=O) groups excluding carboxylic acids is 4. The number of carbonyl (C=O) groups is 4. The Labute approximate surface area is 605 Å². The maximum atomic E-state index is 13.1. The predicted molar refractivity (Wildman–Crippen MR) is 404 cm³/mol. The average molecular weight is 1450 g/mol. The van der Waals surface area contributed by atoms with Crippen molar-refractivity contribution < 1.29 is 80.2 Å². The zero-order chi connectivity index (χ0) is 73.0. The highest BCUT2D eigenvalue weighted by atomic mass is 31.2.